The largest absolute Gasteiger partial charge is 0.283 e. The Hall–Kier alpha value is -2.67. The van der Waals surface area contributed by atoms with Gasteiger partial charge in [0.25, 0.3) is 0 Å². The predicted molar refractivity (Wildman–Crippen MR) is 86.7 cm³/mol. The zero-order valence-electron chi connectivity index (χ0n) is 12.0. The van der Waals surface area contributed by atoms with Crippen LogP contribution in [0.4, 0.5) is 10.1 Å². The summed E-state index contributed by atoms with van der Waals surface area (Å²) in [5.41, 5.74) is 2.75. The number of aromatic amines is 1. The molecule has 0 fully saturated rings. The van der Waals surface area contributed by atoms with Gasteiger partial charge in [-0.3, -0.25) is 9.82 Å². The molecule has 0 spiro atoms. The normalized spacial score (nSPS) is 11.3. The minimum atomic E-state index is -3.56. The van der Waals surface area contributed by atoms with Crippen molar-refractivity contribution in [3.63, 3.8) is 0 Å². The van der Waals surface area contributed by atoms with E-state index in [-0.39, 0.29) is 5.75 Å². The number of hydrogen-bond donors (Lipinski definition) is 2. The molecule has 118 valence electrons. The van der Waals surface area contributed by atoms with Gasteiger partial charge in [0.2, 0.25) is 10.0 Å². The number of nitrogens with one attached hydrogen (secondary N) is 2. The maximum absolute atomic E-state index is 12.8. The van der Waals surface area contributed by atoms with Crippen LogP contribution in [0, 0.1) is 5.82 Å². The Morgan fingerprint density at radius 2 is 1.70 bits per heavy atom. The zero-order valence-corrected chi connectivity index (χ0v) is 12.8. The third-order valence-corrected chi connectivity index (χ3v) is 4.50. The van der Waals surface area contributed by atoms with Gasteiger partial charge in [0.15, 0.2) is 0 Å². The molecule has 0 bridgehead atoms. The molecule has 0 saturated heterocycles. The van der Waals surface area contributed by atoms with E-state index in [1.165, 1.54) is 24.3 Å². The molecule has 0 saturated carbocycles. The second-order valence-electron chi connectivity index (χ2n) is 5.04. The van der Waals surface area contributed by atoms with E-state index in [2.05, 4.69) is 14.9 Å². The summed E-state index contributed by atoms with van der Waals surface area (Å²) in [5.74, 6) is -0.608. The summed E-state index contributed by atoms with van der Waals surface area (Å²) in [6.07, 6.45) is 1.65. The summed E-state index contributed by atoms with van der Waals surface area (Å²) in [7, 11) is -3.56. The smallest absolute Gasteiger partial charge is 0.236 e. The standard InChI is InChI=1S/C16H14FN3O2S/c17-14-5-1-12(2-6-14)11-23(21,22)20-15-7-3-13(4-8-15)16-9-10-18-19-16/h1-10,20H,11H2,(H,18,19). The van der Waals surface area contributed by atoms with E-state index in [1.54, 1.807) is 30.5 Å². The summed E-state index contributed by atoms with van der Waals surface area (Å²) in [6.45, 7) is 0. The Morgan fingerprint density at radius 3 is 2.30 bits per heavy atom. The number of halogens is 1. The van der Waals surface area contributed by atoms with Crippen molar-refractivity contribution in [2.75, 3.05) is 4.72 Å². The van der Waals surface area contributed by atoms with E-state index in [9.17, 15) is 12.8 Å². The van der Waals surface area contributed by atoms with E-state index in [1.807, 2.05) is 6.07 Å². The molecule has 0 unspecified atom stereocenters. The molecule has 1 heterocycles. The van der Waals surface area contributed by atoms with Gasteiger partial charge in [-0.25, -0.2) is 12.8 Å². The lowest BCUT2D eigenvalue weighted by Crippen LogP contribution is -2.15. The predicted octanol–water partition coefficient (Wildman–Crippen LogP) is 3.16. The number of anilines is 1. The second kappa shape index (κ2) is 6.21. The van der Waals surface area contributed by atoms with Gasteiger partial charge in [-0.05, 0) is 41.5 Å². The summed E-state index contributed by atoms with van der Waals surface area (Å²) in [5, 5.41) is 6.71. The van der Waals surface area contributed by atoms with Crippen molar-refractivity contribution >= 4 is 15.7 Å². The van der Waals surface area contributed by atoms with Crippen LogP contribution in [0.1, 0.15) is 5.56 Å². The molecule has 1 aromatic heterocycles. The third-order valence-electron chi connectivity index (χ3n) is 3.24. The van der Waals surface area contributed by atoms with Gasteiger partial charge in [-0.1, -0.05) is 24.3 Å². The zero-order chi connectivity index (χ0) is 16.3. The van der Waals surface area contributed by atoms with Crippen LogP contribution in [0.15, 0.2) is 60.8 Å². The van der Waals surface area contributed by atoms with Gasteiger partial charge >= 0.3 is 0 Å². The molecule has 7 heteroatoms. The second-order valence-corrected chi connectivity index (χ2v) is 6.76. The van der Waals surface area contributed by atoms with Crippen molar-refractivity contribution < 1.29 is 12.8 Å². The molecular formula is C16H14FN3O2S. The van der Waals surface area contributed by atoms with Crippen LogP contribution in [-0.2, 0) is 15.8 Å². The van der Waals surface area contributed by atoms with E-state index in [0.717, 1.165) is 11.3 Å². The summed E-state index contributed by atoms with van der Waals surface area (Å²) < 4.78 is 39.6. The average molecular weight is 331 g/mol. The molecule has 23 heavy (non-hydrogen) atoms. The SMILES string of the molecule is O=S(=O)(Cc1ccc(F)cc1)Nc1ccc(-c2ccn[nH]2)cc1. The first kappa shape index (κ1) is 15.2. The van der Waals surface area contributed by atoms with Gasteiger partial charge in [0.1, 0.15) is 5.82 Å². The monoisotopic (exact) mass is 331 g/mol. The molecule has 3 rings (SSSR count). The fourth-order valence-corrected chi connectivity index (χ4v) is 3.35. The maximum Gasteiger partial charge on any atom is 0.236 e. The van der Waals surface area contributed by atoms with Crippen LogP contribution in [0.3, 0.4) is 0 Å². The molecule has 2 N–H and O–H groups in total. The average Bonchev–Trinajstić information content (AvgIpc) is 3.04. The molecule has 3 aromatic rings. The number of nitrogens with zero attached hydrogens (tertiary/aromatic N) is 1. The lowest BCUT2D eigenvalue weighted by Gasteiger charge is -2.09. The van der Waals surface area contributed by atoms with Crippen LogP contribution < -0.4 is 4.72 Å². The summed E-state index contributed by atoms with van der Waals surface area (Å²) in [6, 6.07) is 14.2. The molecule has 2 aromatic carbocycles. The molecule has 5 nitrogen and oxygen atoms in total. The third kappa shape index (κ3) is 3.95. The number of rotatable bonds is 5. The van der Waals surface area contributed by atoms with Crippen LogP contribution in [0.2, 0.25) is 0 Å². The molecule has 0 atom stereocenters. The molecule has 0 radical (unpaired) electrons. The summed E-state index contributed by atoms with van der Waals surface area (Å²) in [4.78, 5) is 0. The number of benzene rings is 2. The molecule has 0 aliphatic carbocycles. The van der Waals surface area contributed by atoms with Crippen molar-refractivity contribution in [1.29, 1.82) is 0 Å². The Balaban J connectivity index is 1.71. The number of aromatic nitrogens is 2. The van der Waals surface area contributed by atoms with Crippen LogP contribution >= 0.6 is 0 Å². The fraction of sp³-hybridized carbons (Fsp3) is 0.0625. The first-order valence-corrected chi connectivity index (χ1v) is 8.52. The molecule has 0 aliphatic rings. The minimum absolute atomic E-state index is 0.213. The van der Waals surface area contributed by atoms with Crippen molar-refractivity contribution in [3.05, 3.63) is 72.2 Å². The fourth-order valence-electron chi connectivity index (χ4n) is 2.15. The highest BCUT2D eigenvalue weighted by atomic mass is 32.2. The van der Waals surface area contributed by atoms with Crippen molar-refractivity contribution in [2.45, 2.75) is 5.75 Å². The van der Waals surface area contributed by atoms with Gasteiger partial charge in [-0.2, -0.15) is 5.10 Å². The highest BCUT2D eigenvalue weighted by Crippen LogP contribution is 2.20. The lowest BCUT2D eigenvalue weighted by atomic mass is 10.1. The minimum Gasteiger partial charge on any atom is -0.283 e. The van der Waals surface area contributed by atoms with Gasteiger partial charge < -0.3 is 0 Å². The molecule has 0 amide bonds. The number of H-pyrrole nitrogens is 1. The van der Waals surface area contributed by atoms with Crippen molar-refractivity contribution in [1.82, 2.24) is 10.2 Å². The Morgan fingerprint density at radius 1 is 1.00 bits per heavy atom. The quantitative estimate of drug-likeness (QED) is 0.754. The van der Waals surface area contributed by atoms with Crippen molar-refractivity contribution in [3.8, 4) is 11.3 Å². The van der Waals surface area contributed by atoms with E-state index in [0.29, 0.717) is 11.3 Å². The Kier molecular flexibility index (Phi) is 4.12. The summed E-state index contributed by atoms with van der Waals surface area (Å²) >= 11 is 0. The van der Waals surface area contributed by atoms with E-state index < -0.39 is 15.8 Å². The number of hydrogen-bond acceptors (Lipinski definition) is 3. The van der Waals surface area contributed by atoms with E-state index >= 15 is 0 Å². The Bertz CT molecular complexity index is 874. The van der Waals surface area contributed by atoms with Gasteiger partial charge in [0.05, 0.1) is 11.4 Å². The first-order valence-electron chi connectivity index (χ1n) is 6.87. The topological polar surface area (TPSA) is 74.8 Å². The van der Waals surface area contributed by atoms with Crippen molar-refractivity contribution in [2.24, 2.45) is 0 Å². The van der Waals surface area contributed by atoms with E-state index in [4.69, 9.17) is 0 Å². The highest BCUT2D eigenvalue weighted by Gasteiger charge is 2.12. The van der Waals surface area contributed by atoms with Gasteiger partial charge in [0, 0.05) is 11.9 Å². The van der Waals surface area contributed by atoms with Crippen LogP contribution in [-0.4, -0.2) is 18.6 Å². The maximum atomic E-state index is 12.8. The van der Waals surface area contributed by atoms with Gasteiger partial charge in [-0.15, -0.1) is 0 Å². The highest BCUT2D eigenvalue weighted by molar-refractivity contribution is 7.91. The number of sulfonamides is 1. The van der Waals surface area contributed by atoms with Crippen LogP contribution in [0.25, 0.3) is 11.3 Å². The molecule has 0 aliphatic heterocycles. The first-order chi connectivity index (χ1) is 11.0. The Labute approximate surface area is 133 Å². The lowest BCUT2D eigenvalue weighted by molar-refractivity contribution is 0.600. The molecular weight excluding hydrogens is 317 g/mol. The van der Waals surface area contributed by atoms with Crippen LogP contribution in [0.5, 0.6) is 0 Å².